The Morgan fingerprint density at radius 3 is 3.08 bits per heavy atom. The summed E-state index contributed by atoms with van der Waals surface area (Å²) >= 11 is 5.73. The summed E-state index contributed by atoms with van der Waals surface area (Å²) in [6.07, 6.45) is 6.65. The summed E-state index contributed by atoms with van der Waals surface area (Å²) in [6.45, 7) is 0. The van der Waals surface area contributed by atoms with Crippen LogP contribution in [0.3, 0.4) is 0 Å². The summed E-state index contributed by atoms with van der Waals surface area (Å²) < 4.78 is 5.17. The molecular weight excluding hydrogens is 188 g/mol. The van der Waals surface area contributed by atoms with Crippen LogP contribution in [0.15, 0.2) is 16.7 Å². The van der Waals surface area contributed by atoms with Crippen LogP contribution < -0.4 is 5.73 Å². The van der Waals surface area contributed by atoms with Gasteiger partial charge in [0.2, 0.25) is 11.5 Å². The second-order valence-corrected chi connectivity index (χ2v) is 2.93. The Kier molecular flexibility index (Phi) is 1.64. The topological polar surface area (TPSA) is 52.0 Å². The smallest absolute Gasteiger partial charge is 0.229 e. The first-order chi connectivity index (χ1) is 6.22. The molecule has 2 heterocycles. The summed E-state index contributed by atoms with van der Waals surface area (Å²) in [5.74, 6) is 2.63. The molecule has 64 valence electrons. The van der Waals surface area contributed by atoms with Gasteiger partial charge in [0, 0.05) is 6.20 Å². The van der Waals surface area contributed by atoms with Crippen molar-refractivity contribution in [1.82, 2.24) is 4.98 Å². The van der Waals surface area contributed by atoms with Gasteiger partial charge >= 0.3 is 0 Å². The van der Waals surface area contributed by atoms with E-state index in [-0.39, 0.29) is 0 Å². The molecule has 0 aliphatic heterocycles. The highest BCUT2D eigenvalue weighted by atomic mass is 35.5. The maximum Gasteiger partial charge on any atom is 0.229 e. The molecule has 13 heavy (non-hydrogen) atoms. The van der Waals surface area contributed by atoms with Crippen LogP contribution in [0.1, 0.15) is 5.76 Å². The predicted molar refractivity (Wildman–Crippen MR) is 51.4 cm³/mol. The third kappa shape index (κ3) is 1.12. The van der Waals surface area contributed by atoms with Crippen molar-refractivity contribution in [3.05, 3.63) is 23.0 Å². The Hall–Kier alpha value is -1.66. The van der Waals surface area contributed by atoms with Crippen LogP contribution in [-0.2, 0) is 0 Å². The first kappa shape index (κ1) is 7.96. The number of terminal acetylenes is 1. The van der Waals surface area contributed by atoms with Crippen LogP contribution in [0.4, 0.5) is 5.69 Å². The van der Waals surface area contributed by atoms with Gasteiger partial charge in [-0.05, 0) is 12.0 Å². The zero-order valence-electron chi connectivity index (χ0n) is 6.54. The minimum Gasteiger partial charge on any atom is -0.427 e. The number of anilines is 1. The molecule has 2 N–H and O–H groups in total. The van der Waals surface area contributed by atoms with Crippen LogP contribution in [0.5, 0.6) is 0 Å². The minimum absolute atomic E-state index is 0.296. The quantitative estimate of drug-likeness (QED) is 0.650. The molecule has 4 heteroatoms. The second kappa shape index (κ2) is 2.68. The van der Waals surface area contributed by atoms with Crippen LogP contribution in [0.25, 0.3) is 11.1 Å². The molecule has 2 aromatic rings. The van der Waals surface area contributed by atoms with E-state index in [1.807, 2.05) is 0 Å². The summed E-state index contributed by atoms with van der Waals surface area (Å²) in [4.78, 5) is 3.94. The lowest BCUT2D eigenvalue weighted by atomic mass is 10.3. The average molecular weight is 193 g/mol. The van der Waals surface area contributed by atoms with Gasteiger partial charge in [-0.3, -0.25) is 0 Å². The van der Waals surface area contributed by atoms with E-state index in [1.54, 1.807) is 6.07 Å². The van der Waals surface area contributed by atoms with Crippen LogP contribution >= 0.6 is 11.6 Å². The third-order valence-electron chi connectivity index (χ3n) is 1.68. The average Bonchev–Trinajstić information content (AvgIpc) is 2.44. The maximum absolute atomic E-state index is 5.73. The fourth-order valence-corrected chi connectivity index (χ4v) is 1.24. The fraction of sp³-hybridized carbons (Fsp3) is 0. The predicted octanol–water partition coefficient (Wildman–Crippen LogP) is 2.04. The number of halogens is 1. The molecule has 0 atom stereocenters. The first-order valence-electron chi connectivity index (χ1n) is 3.52. The van der Waals surface area contributed by atoms with Gasteiger partial charge in [-0.15, -0.1) is 6.42 Å². The molecule has 0 saturated carbocycles. The van der Waals surface area contributed by atoms with Crippen LogP contribution in [-0.4, -0.2) is 4.98 Å². The van der Waals surface area contributed by atoms with Crippen molar-refractivity contribution in [3.63, 3.8) is 0 Å². The molecule has 2 aromatic heterocycles. The van der Waals surface area contributed by atoms with Crippen molar-refractivity contribution in [2.24, 2.45) is 0 Å². The van der Waals surface area contributed by atoms with E-state index in [0.717, 1.165) is 0 Å². The molecule has 0 unspecified atom stereocenters. The molecule has 0 spiro atoms. The molecule has 2 rings (SSSR count). The van der Waals surface area contributed by atoms with Gasteiger partial charge in [0.1, 0.15) is 0 Å². The summed E-state index contributed by atoms with van der Waals surface area (Å²) in [7, 11) is 0. The maximum atomic E-state index is 5.73. The lowest BCUT2D eigenvalue weighted by molar-refractivity contribution is 0.591. The molecule has 0 saturated heterocycles. The fourth-order valence-electron chi connectivity index (χ4n) is 1.08. The number of fused-ring (bicyclic) bond motifs is 1. The number of hydrogen-bond donors (Lipinski definition) is 1. The number of nitrogens with two attached hydrogens (primary N) is 1. The number of pyridine rings is 1. The molecule has 0 aromatic carbocycles. The van der Waals surface area contributed by atoms with Gasteiger partial charge in [-0.1, -0.05) is 11.6 Å². The summed E-state index contributed by atoms with van der Waals surface area (Å²) in [6, 6.07) is 1.67. The van der Waals surface area contributed by atoms with Crippen LogP contribution in [0.2, 0.25) is 5.02 Å². The van der Waals surface area contributed by atoms with Crippen molar-refractivity contribution in [3.8, 4) is 12.3 Å². The normalized spacial score (nSPS) is 10.2. The largest absolute Gasteiger partial charge is 0.427 e. The van der Waals surface area contributed by atoms with Gasteiger partial charge < -0.3 is 10.2 Å². The second-order valence-electron chi connectivity index (χ2n) is 2.50. The van der Waals surface area contributed by atoms with E-state index in [9.17, 15) is 0 Å². The third-order valence-corrected chi connectivity index (χ3v) is 1.89. The Balaban J connectivity index is 2.87. The van der Waals surface area contributed by atoms with E-state index in [0.29, 0.717) is 27.6 Å². The Morgan fingerprint density at radius 1 is 1.62 bits per heavy atom. The summed E-state index contributed by atoms with van der Waals surface area (Å²) in [5, 5.41) is 1.16. The van der Waals surface area contributed by atoms with Gasteiger partial charge in [-0.25, -0.2) is 4.98 Å². The number of hydrogen-bond acceptors (Lipinski definition) is 3. The summed E-state index contributed by atoms with van der Waals surface area (Å²) in [5.41, 5.74) is 6.51. The first-order valence-corrected chi connectivity index (χ1v) is 3.90. The number of nitrogens with zero attached hydrogens (tertiary/aromatic N) is 1. The Labute approximate surface area is 79.5 Å². The van der Waals surface area contributed by atoms with Gasteiger partial charge in [0.05, 0.1) is 16.1 Å². The molecule has 0 radical (unpaired) electrons. The van der Waals surface area contributed by atoms with Crippen molar-refractivity contribution >= 4 is 28.4 Å². The Bertz CT molecular complexity index is 510. The zero-order chi connectivity index (χ0) is 9.42. The monoisotopic (exact) mass is 192 g/mol. The van der Waals surface area contributed by atoms with E-state index < -0.39 is 0 Å². The van der Waals surface area contributed by atoms with Crippen molar-refractivity contribution < 1.29 is 4.42 Å². The SMILES string of the molecule is C#Cc1oc2ncc(Cl)cc2c1N. The minimum atomic E-state index is 0.296. The van der Waals surface area contributed by atoms with E-state index in [4.69, 9.17) is 28.2 Å². The van der Waals surface area contributed by atoms with E-state index >= 15 is 0 Å². The molecule has 0 fully saturated rings. The van der Waals surface area contributed by atoms with E-state index in [1.165, 1.54) is 6.20 Å². The number of aromatic nitrogens is 1. The molecule has 0 amide bonds. The highest BCUT2D eigenvalue weighted by molar-refractivity contribution is 6.31. The standard InChI is InChI=1S/C9H5ClN2O/c1-2-7-8(11)6-3-5(10)4-12-9(6)13-7/h1,3-4H,11H2. The molecule has 0 aliphatic rings. The van der Waals surface area contributed by atoms with Crippen molar-refractivity contribution in [2.75, 3.05) is 5.73 Å². The Morgan fingerprint density at radius 2 is 2.38 bits per heavy atom. The lowest BCUT2D eigenvalue weighted by Crippen LogP contribution is -1.84. The van der Waals surface area contributed by atoms with Crippen molar-refractivity contribution in [2.45, 2.75) is 0 Å². The molecular formula is C9H5ClN2O. The molecule has 0 bridgehead atoms. The lowest BCUT2D eigenvalue weighted by Gasteiger charge is -1.88. The highest BCUT2D eigenvalue weighted by Crippen LogP contribution is 2.27. The van der Waals surface area contributed by atoms with Gasteiger partial charge in [0.15, 0.2) is 0 Å². The molecule has 3 nitrogen and oxygen atoms in total. The van der Waals surface area contributed by atoms with Gasteiger partial charge in [0.25, 0.3) is 0 Å². The zero-order valence-corrected chi connectivity index (χ0v) is 7.30. The number of furan rings is 1. The molecule has 0 aliphatic carbocycles. The van der Waals surface area contributed by atoms with Crippen molar-refractivity contribution in [1.29, 1.82) is 0 Å². The highest BCUT2D eigenvalue weighted by Gasteiger charge is 2.10. The van der Waals surface area contributed by atoms with E-state index in [2.05, 4.69) is 10.9 Å². The van der Waals surface area contributed by atoms with Crippen LogP contribution in [0, 0.1) is 12.3 Å². The number of nitrogen functional groups attached to an aromatic ring is 1. The number of rotatable bonds is 0. The van der Waals surface area contributed by atoms with Gasteiger partial charge in [-0.2, -0.15) is 0 Å².